The summed E-state index contributed by atoms with van der Waals surface area (Å²) in [6, 6.07) is 7.99. The minimum Gasteiger partial charge on any atom is -0.497 e. The monoisotopic (exact) mass is 419 g/mol. The molecule has 0 radical (unpaired) electrons. The molecule has 3 N–H and O–H groups in total. The Kier molecular flexibility index (Phi) is 12.6. The van der Waals surface area contributed by atoms with Crippen LogP contribution in [0.4, 0.5) is 0 Å². The zero-order chi connectivity index (χ0) is 15.3. The molecule has 0 aromatic heterocycles. The van der Waals surface area contributed by atoms with Crippen molar-refractivity contribution in [3.63, 3.8) is 0 Å². The number of rotatable bonds is 10. The molecule has 1 aromatic rings. The van der Waals surface area contributed by atoms with Crippen LogP contribution in [0.25, 0.3) is 0 Å². The van der Waals surface area contributed by atoms with Gasteiger partial charge < -0.3 is 20.5 Å². The largest absolute Gasteiger partial charge is 0.497 e. The van der Waals surface area contributed by atoms with Gasteiger partial charge in [0.15, 0.2) is 5.96 Å². The highest BCUT2D eigenvalue weighted by Gasteiger charge is 1.96. The number of methoxy groups -OCH3 is 1. The Morgan fingerprint density at radius 1 is 1.32 bits per heavy atom. The van der Waals surface area contributed by atoms with E-state index in [0.717, 1.165) is 25.1 Å². The molecule has 5 nitrogen and oxygen atoms in total. The average Bonchev–Trinajstić information content (AvgIpc) is 2.51. The smallest absolute Gasteiger partial charge is 0.188 e. The number of guanidine groups is 1. The molecule has 0 saturated heterocycles. The summed E-state index contributed by atoms with van der Waals surface area (Å²) in [6.07, 6.45) is 3.58. The second-order valence-corrected chi connectivity index (χ2v) is 4.48. The van der Waals surface area contributed by atoms with Crippen molar-refractivity contribution in [3.8, 4) is 5.75 Å². The van der Waals surface area contributed by atoms with Crippen molar-refractivity contribution in [2.24, 2.45) is 10.7 Å². The first-order valence-electron chi connectivity index (χ1n) is 7.11. The van der Waals surface area contributed by atoms with Crippen molar-refractivity contribution in [2.45, 2.75) is 12.8 Å². The van der Waals surface area contributed by atoms with Crippen LogP contribution in [0.3, 0.4) is 0 Å². The van der Waals surface area contributed by atoms with Crippen LogP contribution in [0.15, 0.2) is 41.9 Å². The molecular formula is C16H26IN3O2. The Labute approximate surface area is 150 Å². The molecule has 1 rings (SSSR count). The first-order valence-corrected chi connectivity index (χ1v) is 7.11. The van der Waals surface area contributed by atoms with Crippen molar-refractivity contribution >= 4 is 29.9 Å². The molecular weight excluding hydrogens is 393 g/mol. The fourth-order valence-corrected chi connectivity index (χ4v) is 1.68. The quantitative estimate of drug-likeness (QED) is 0.201. The summed E-state index contributed by atoms with van der Waals surface area (Å²) in [4.78, 5) is 4.19. The van der Waals surface area contributed by atoms with Gasteiger partial charge in [0.05, 0.1) is 26.9 Å². The molecule has 0 spiro atoms. The summed E-state index contributed by atoms with van der Waals surface area (Å²) in [5.74, 6) is 1.32. The van der Waals surface area contributed by atoms with Gasteiger partial charge in [-0.2, -0.15) is 0 Å². The van der Waals surface area contributed by atoms with Gasteiger partial charge in [0.25, 0.3) is 0 Å². The van der Waals surface area contributed by atoms with Gasteiger partial charge in [0, 0.05) is 6.54 Å². The van der Waals surface area contributed by atoms with Gasteiger partial charge in [-0.25, -0.2) is 0 Å². The van der Waals surface area contributed by atoms with Gasteiger partial charge in [-0.15, -0.1) is 30.6 Å². The van der Waals surface area contributed by atoms with E-state index < -0.39 is 0 Å². The number of aliphatic imine (C=N–C) groups is 1. The fraction of sp³-hybridized carbons (Fsp3) is 0.438. The van der Waals surface area contributed by atoms with Gasteiger partial charge in [0.1, 0.15) is 5.75 Å². The van der Waals surface area contributed by atoms with Crippen LogP contribution in [0.5, 0.6) is 5.75 Å². The maximum atomic E-state index is 5.77. The van der Waals surface area contributed by atoms with E-state index in [1.54, 1.807) is 7.11 Å². The van der Waals surface area contributed by atoms with Gasteiger partial charge >= 0.3 is 0 Å². The molecule has 0 aliphatic rings. The van der Waals surface area contributed by atoms with E-state index in [-0.39, 0.29) is 24.0 Å². The highest BCUT2D eigenvalue weighted by atomic mass is 127. The molecule has 0 fully saturated rings. The molecule has 0 atom stereocenters. The fourth-order valence-electron chi connectivity index (χ4n) is 1.68. The molecule has 0 saturated carbocycles. The molecule has 1 aromatic carbocycles. The number of ether oxygens (including phenoxy) is 2. The Bertz CT molecular complexity index is 436. The summed E-state index contributed by atoms with van der Waals surface area (Å²) in [5.41, 5.74) is 7.00. The van der Waals surface area contributed by atoms with E-state index in [1.807, 2.05) is 30.3 Å². The molecule has 0 aliphatic heterocycles. The standard InChI is InChI=1S/C16H25N3O2.HI/c1-3-4-12-21-13-11-19-16(17)18-10-9-14-5-7-15(20-2)8-6-14;/h3,5-8H,1,4,9-13H2,2H3,(H3,17,18,19);1H. The first-order chi connectivity index (χ1) is 10.3. The van der Waals surface area contributed by atoms with Crippen LogP contribution in [-0.2, 0) is 11.2 Å². The lowest BCUT2D eigenvalue weighted by Crippen LogP contribution is -2.33. The van der Waals surface area contributed by atoms with E-state index in [1.165, 1.54) is 5.56 Å². The number of nitrogens with one attached hydrogen (secondary N) is 1. The van der Waals surface area contributed by atoms with Crippen molar-refractivity contribution < 1.29 is 9.47 Å². The van der Waals surface area contributed by atoms with Crippen molar-refractivity contribution in [2.75, 3.05) is 33.4 Å². The Hall–Kier alpha value is -1.28. The minimum atomic E-state index is 0. The highest BCUT2D eigenvalue weighted by molar-refractivity contribution is 14.0. The van der Waals surface area contributed by atoms with E-state index in [4.69, 9.17) is 15.2 Å². The third-order valence-corrected chi connectivity index (χ3v) is 2.86. The lowest BCUT2D eigenvalue weighted by molar-refractivity contribution is 0.146. The number of nitrogens with two attached hydrogens (primary N) is 1. The van der Waals surface area contributed by atoms with E-state index >= 15 is 0 Å². The second kappa shape index (κ2) is 13.4. The van der Waals surface area contributed by atoms with Crippen molar-refractivity contribution in [1.29, 1.82) is 0 Å². The summed E-state index contributed by atoms with van der Waals surface area (Å²) in [6.45, 7) is 6.21. The highest BCUT2D eigenvalue weighted by Crippen LogP contribution is 2.11. The topological polar surface area (TPSA) is 68.9 Å². The maximum absolute atomic E-state index is 5.77. The maximum Gasteiger partial charge on any atom is 0.188 e. The lowest BCUT2D eigenvalue weighted by atomic mass is 10.1. The van der Waals surface area contributed by atoms with Crippen LogP contribution < -0.4 is 15.8 Å². The van der Waals surface area contributed by atoms with Gasteiger partial charge in [-0.3, -0.25) is 4.99 Å². The Morgan fingerprint density at radius 3 is 2.68 bits per heavy atom. The molecule has 0 heterocycles. The van der Waals surface area contributed by atoms with E-state index in [0.29, 0.717) is 25.7 Å². The lowest BCUT2D eigenvalue weighted by Gasteiger charge is -2.07. The Morgan fingerprint density at radius 2 is 2.05 bits per heavy atom. The summed E-state index contributed by atoms with van der Waals surface area (Å²) in [5, 5.41) is 3.09. The van der Waals surface area contributed by atoms with E-state index in [2.05, 4.69) is 16.9 Å². The average molecular weight is 419 g/mol. The number of hydrogen-bond acceptors (Lipinski definition) is 3. The third kappa shape index (κ3) is 9.62. The molecule has 124 valence electrons. The van der Waals surface area contributed by atoms with Crippen molar-refractivity contribution in [1.82, 2.24) is 5.32 Å². The van der Waals surface area contributed by atoms with Crippen LogP contribution in [0.2, 0.25) is 0 Å². The normalized spacial score (nSPS) is 10.7. The van der Waals surface area contributed by atoms with E-state index in [9.17, 15) is 0 Å². The molecule has 0 aliphatic carbocycles. The second-order valence-electron chi connectivity index (χ2n) is 4.48. The predicted octanol–water partition coefficient (Wildman–Crippen LogP) is 2.35. The molecule has 0 amide bonds. The van der Waals surface area contributed by atoms with Gasteiger partial charge in [0.2, 0.25) is 0 Å². The number of halogens is 1. The minimum absolute atomic E-state index is 0. The summed E-state index contributed by atoms with van der Waals surface area (Å²) >= 11 is 0. The number of benzene rings is 1. The third-order valence-electron chi connectivity index (χ3n) is 2.86. The molecule has 0 bridgehead atoms. The zero-order valence-corrected chi connectivity index (χ0v) is 15.4. The van der Waals surface area contributed by atoms with Gasteiger partial charge in [-0.05, 0) is 30.5 Å². The van der Waals surface area contributed by atoms with Crippen LogP contribution in [0.1, 0.15) is 12.0 Å². The molecule has 0 unspecified atom stereocenters. The molecule has 22 heavy (non-hydrogen) atoms. The summed E-state index contributed by atoms with van der Waals surface area (Å²) < 4.78 is 10.5. The summed E-state index contributed by atoms with van der Waals surface area (Å²) in [7, 11) is 1.66. The molecule has 6 heteroatoms. The predicted molar refractivity (Wildman–Crippen MR) is 102 cm³/mol. The number of nitrogens with zero attached hydrogens (tertiary/aromatic N) is 1. The zero-order valence-electron chi connectivity index (χ0n) is 13.1. The van der Waals surface area contributed by atoms with Crippen LogP contribution in [-0.4, -0.2) is 39.4 Å². The van der Waals surface area contributed by atoms with Crippen LogP contribution >= 0.6 is 24.0 Å². The Balaban J connectivity index is 0.00000441. The number of hydrogen-bond donors (Lipinski definition) is 2. The van der Waals surface area contributed by atoms with Crippen LogP contribution in [0, 0.1) is 0 Å². The first kappa shape index (κ1) is 20.7. The van der Waals surface area contributed by atoms with Crippen molar-refractivity contribution in [3.05, 3.63) is 42.5 Å². The SMILES string of the molecule is C=CCCOCCN=C(N)NCCc1ccc(OC)cc1.I. The van der Waals surface area contributed by atoms with Gasteiger partial charge in [-0.1, -0.05) is 18.2 Å².